The lowest BCUT2D eigenvalue weighted by atomic mass is 10.1. The molecule has 0 aliphatic heterocycles. The van der Waals surface area contributed by atoms with Crippen molar-refractivity contribution in [3.63, 3.8) is 0 Å². The molecular formula is C11H7N3O4. The van der Waals surface area contributed by atoms with Crippen LogP contribution in [0.15, 0.2) is 17.7 Å². The van der Waals surface area contributed by atoms with Crippen LogP contribution in [0.2, 0.25) is 0 Å². The number of allylic oxidation sites excluding steroid dienone is 1. The summed E-state index contributed by atoms with van der Waals surface area (Å²) in [7, 11) is 1.17. The quantitative estimate of drug-likeness (QED) is 0.491. The van der Waals surface area contributed by atoms with Gasteiger partial charge in [0.2, 0.25) is 5.75 Å². The van der Waals surface area contributed by atoms with E-state index < -0.39 is 16.4 Å². The molecule has 0 aliphatic rings. The van der Waals surface area contributed by atoms with Crippen LogP contribution in [0.4, 0.5) is 5.69 Å². The average molecular weight is 245 g/mol. The number of nitro benzene ring substituents is 1. The SMILES string of the molecule is COc1c(O)ccc(C=C(C#N)C#N)c1[N+](=O)[O-]. The number of benzene rings is 1. The van der Waals surface area contributed by atoms with Crippen molar-refractivity contribution in [1.82, 2.24) is 0 Å². The average Bonchev–Trinajstić information content (AvgIpc) is 2.36. The third-order valence-corrected chi connectivity index (χ3v) is 2.07. The molecule has 0 aromatic heterocycles. The number of nitriles is 2. The number of nitro groups is 1. The summed E-state index contributed by atoms with van der Waals surface area (Å²) in [5.74, 6) is -0.708. The molecule has 90 valence electrons. The fourth-order valence-electron chi connectivity index (χ4n) is 1.33. The molecule has 0 bridgehead atoms. The van der Waals surface area contributed by atoms with Crippen LogP contribution < -0.4 is 4.74 Å². The lowest BCUT2D eigenvalue weighted by Crippen LogP contribution is -1.97. The summed E-state index contributed by atoms with van der Waals surface area (Å²) in [6, 6.07) is 5.60. The molecule has 0 unspecified atom stereocenters. The number of aromatic hydroxyl groups is 1. The van der Waals surface area contributed by atoms with Crippen LogP contribution in [0.3, 0.4) is 0 Å². The number of phenols is 1. The highest BCUT2D eigenvalue weighted by atomic mass is 16.6. The van der Waals surface area contributed by atoms with E-state index in [4.69, 9.17) is 15.3 Å². The van der Waals surface area contributed by atoms with Crippen molar-refractivity contribution in [2.75, 3.05) is 7.11 Å². The molecule has 0 atom stereocenters. The van der Waals surface area contributed by atoms with E-state index in [9.17, 15) is 15.2 Å². The van der Waals surface area contributed by atoms with E-state index in [1.807, 2.05) is 0 Å². The van der Waals surface area contributed by atoms with E-state index in [0.29, 0.717) is 0 Å². The van der Waals surface area contributed by atoms with Gasteiger partial charge in [-0.15, -0.1) is 0 Å². The largest absolute Gasteiger partial charge is 0.504 e. The third kappa shape index (κ3) is 2.36. The van der Waals surface area contributed by atoms with Crippen molar-refractivity contribution < 1.29 is 14.8 Å². The fourth-order valence-corrected chi connectivity index (χ4v) is 1.33. The van der Waals surface area contributed by atoms with Gasteiger partial charge in [0.05, 0.1) is 17.6 Å². The van der Waals surface area contributed by atoms with Crippen molar-refractivity contribution in [2.24, 2.45) is 0 Å². The lowest BCUT2D eigenvalue weighted by Gasteiger charge is -2.06. The molecule has 1 aromatic carbocycles. The van der Waals surface area contributed by atoms with E-state index in [2.05, 4.69) is 0 Å². The summed E-state index contributed by atoms with van der Waals surface area (Å²) >= 11 is 0. The molecular weight excluding hydrogens is 238 g/mol. The number of ether oxygens (including phenoxy) is 1. The second kappa shape index (κ2) is 5.32. The number of methoxy groups -OCH3 is 1. The highest BCUT2D eigenvalue weighted by Gasteiger charge is 2.23. The van der Waals surface area contributed by atoms with Crippen LogP contribution >= 0.6 is 0 Å². The fraction of sp³-hybridized carbons (Fsp3) is 0.0909. The Labute approximate surface area is 102 Å². The summed E-state index contributed by atoms with van der Waals surface area (Å²) in [5, 5.41) is 37.6. The van der Waals surface area contributed by atoms with E-state index in [1.165, 1.54) is 19.2 Å². The topological polar surface area (TPSA) is 120 Å². The molecule has 7 nitrogen and oxygen atoms in total. The Balaban J connectivity index is 3.58. The normalized spacial score (nSPS) is 8.83. The van der Waals surface area contributed by atoms with Gasteiger partial charge in [0.1, 0.15) is 17.7 Å². The van der Waals surface area contributed by atoms with E-state index in [0.717, 1.165) is 6.08 Å². The van der Waals surface area contributed by atoms with E-state index >= 15 is 0 Å². The van der Waals surface area contributed by atoms with Gasteiger partial charge in [-0.2, -0.15) is 10.5 Å². The molecule has 1 aromatic rings. The number of nitrogens with zero attached hydrogens (tertiary/aromatic N) is 3. The van der Waals surface area contributed by atoms with Gasteiger partial charge in [0.25, 0.3) is 0 Å². The molecule has 0 aliphatic carbocycles. The molecule has 0 amide bonds. The minimum atomic E-state index is -0.753. The minimum Gasteiger partial charge on any atom is -0.504 e. The summed E-state index contributed by atoms with van der Waals surface area (Å²) in [6.07, 6.45) is 1.06. The van der Waals surface area contributed by atoms with Crippen LogP contribution in [0.5, 0.6) is 11.5 Å². The summed E-state index contributed by atoms with van der Waals surface area (Å²) in [4.78, 5) is 10.2. The highest BCUT2D eigenvalue weighted by Crippen LogP contribution is 2.39. The first-order valence-electron chi connectivity index (χ1n) is 4.61. The maximum atomic E-state index is 10.9. The Morgan fingerprint density at radius 2 is 2.11 bits per heavy atom. The zero-order chi connectivity index (χ0) is 13.7. The van der Waals surface area contributed by atoms with E-state index in [1.54, 1.807) is 12.1 Å². The number of phenolic OH excluding ortho intramolecular Hbond substituents is 1. The summed E-state index contributed by atoms with van der Waals surface area (Å²) in [5.41, 5.74) is -0.779. The number of hydrogen-bond donors (Lipinski definition) is 1. The highest BCUT2D eigenvalue weighted by molar-refractivity contribution is 5.74. The summed E-state index contributed by atoms with van der Waals surface area (Å²) < 4.78 is 4.74. The molecule has 0 saturated heterocycles. The number of rotatable bonds is 3. The molecule has 1 rings (SSSR count). The van der Waals surface area contributed by atoms with Crippen molar-refractivity contribution >= 4 is 11.8 Å². The molecule has 18 heavy (non-hydrogen) atoms. The smallest absolute Gasteiger partial charge is 0.322 e. The Morgan fingerprint density at radius 1 is 1.50 bits per heavy atom. The minimum absolute atomic E-state index is 0.00718. The summed E-state index contributed by atoms with van der Waals surface area (Å²) in [6.45, 7) is 0. The molecule has 7 heteroatoms. The monoisotopic (exact) mass is 245 g/mol. The first-order valence-corrected chi connectivity index (χ1v) is 4.61. The second-order valence-corrected chi connectivity index (χ2v) is 3.09. The van der Waals surface area contributed by atoms with Gasteiger partial charge >= 0.3 is 5.69 Å². The Morgan fingerprint density at radius 3 is 2.56 bits per heavy atom. The van der Waals surface area contributed by atoms with Gasteiger partial charge in [-0.25, -0.2) is 0 Å². The lowest BCUT2D eigenvalue weighted by molar-refractivity contribution is -0.386. The van der Waals surface area contributed by atoms with Crippen LogP contribution in [0.1, 0.15) is 5.56 Å². The molecule has 0 radical (unpaired) electrons. The molecule has 0 fully saturated rings. The van der Waals surface area contributed by atoms with Gasteiger partial charge < -0.3 is 9.84 Å². The van der Waals surface area contributed by atoms with Crippen molar-refractivity contribution in [1.29, 1.82) is 10.5 Å². The Kier molecular flexibility index (Phi) is 3.85. The van der Waals surface area contributed by atoms with E-state index in [-0.39, 0.29) is 16.9 Å². The standard InChI is InChI=1S/C11H7N3O4/c1-18-11-9(15)3-2-8(10(11)14(16)17)4-7(5-12)6-13/h2-4,15H,1H3. The van der Waals surface area contributed by atoms with Gasteiger partial charge in [-0.3, -0.25) is 10.1 Å². The maximum Gasteiger partial charge on any atom is 0.322 e. The van der Waals surface area contributed by atoms with Gasteiger partial charge in [0, 0.05) is 0 Å². The second-order valence-electron chi connectivity index (χ2n) is 3.09. The third-order valence-electron chi connectivity index (χ3n) is 2.07. The molecule has 1 N–H and O–H groups in total. The molecule has 0 spiro atoms. The number of hydrogen-bond acceptors (Lipinski definition) is 6. The first kappa shape index (κ1) is 13.0. The van der Waals surface area contributed by atoms with Crippen LogP contribution in [-0.4, -0.2) is 17.1 Å². The molecule has 0 saturated carbocycles. The maximum absolute atomic E-state index is 10.9. The Bertz CT molecular complexity index is 592. The van der Waals surface area contributed by atoms with Crippen molar-refractivity contribution in [3.8, 4) is 23.6 Å². The predicted octanol–water partition coefficient (Wildman–Crippen LogP) is 1.74. The zero-order valence-electron chi connectivity index (χ0n) is 9.25. The Hall–Kier alpha value is -3.06. The van der Waals surface area contributed by atoms with Gasteiger partial charge in [-0.05, 0) is 18.2 Å². The molecule has 0 heterocycles. The van der Waals surface area contributed by atoms with Crippen LogP contribution in [-0.2, 0) is 0 Å². The van der Waals surface area contributed by atoms with Crippen molar-refractivity contribution in [3.05, 3.63) is 33.4 Å². The first-order chi connectivity index (χ1) is 8.54. The van der Waals surface area contributed by atoms with Crippen LogP contribution in [0, 0.1) is 32.8 Å². The van der Waals surface area contributed by atoms with Crippen molar-refractivity contribution in [2.45, 2.75) is 0 Å². The van der Waals surface area contributed by atoms with Crippen LogP contribution in [0.25, 0.3) is 6.08 Å². The zero-order valence-corrected chi connectivity index (χ0v) is 9.25. The predicted molar refractivity (Wildman–Crippen MR) is 60.5 cm³/mol. The van der Waals surface area contributed by atoms with Gasteiger partial charge in [-0.1, -0.05) is 0 Å². The van der Waals surface area contributed by atoms with Gasteiger partial charge in [0.15, 0.2) is 5.75 Å².